The average Bonchev–Trinajstić information content (AvgIpc) is 2.91. The van der Waals surface area contributed by atoms with E-state index in [1.807, 2.05) is 12.1 Å². The van der Waals surface area contributed by atoms with Crippen LogP contribution in [0.1, 0.15) is 31.1 Å². The number of hydrogen-bond acceptors (Lipinski definition) is 4. The molecule has 0 spiro atoms. The maximum Gasteiger partial charge on any atom is 0.186 e. The van der Waals surface area contributed by atoms with Gasteiger partial charge in [-0.05, 0) is 25.5 Å². The Kier molecular flexibility index (Phi) is 2.78. The van der Waals surface area contributed by atoms with Crippen LogP contribution in [0.5, 0.6) is 0 Å². The second-order valence-electron chi connectivity index (χ2n) is 5.50. The molecule has 1 N–H and O–H groups in total. The number of fused-ring (bicyclic) bond motifs is 1. The Labute approximate surface area is 117 Å². The monoisotopic (exact) mass is 292 g/mol. The molecule has 0 aliphatic carbocycles. The standard InChI is InChI=1S/C14H16N2O3S/c1-14(2)13(16-9-15-7-10(16)8-17)11-5-3-4-6-12(11)20(14,18)19/h3-7,9,13,17H,8H2,1-2H3. The molecule has 1 aromatic heterocycles. The van der Waals surface area contributed by atoms with Crippen LogP contribution in [0.4, 0.5) is 0 Å². The summed E-state index contributed by atoms with van der Waals surface area (Å²) in [5, 5.41) is 9.41. The van der Waals surface area contributed by atoms with Gasteiger partial charge >= 0.3 is 0 Å². The van der Waals surface area contributed by atoms with Crippen molar-refractivity contribution in [1.82, 2.24) is 9.55 Å². The van der Waals surface area contributed by atoms with E-state index >= 15 is 0 Å². The molecule has 0 saturated heterocycles. The highest BCUT2D eigenvalue weighted by molar-refractivity contribution is 7.93. The summed E-state index contributed by atoms with van der Waals surface area (Å²) in [7, 11) is -3.41. The van der Waals surface area contributed by atoms with Crippen molar-refractivity contribution in [2.45, 2.75) is 36.1 Å². The highest BCUT2D eigenvalue weighted by atomic mass is 32.2. The Balaban J connectivity index is 2.31. The zero-order chi connectivity index (χ0) is 14.5. The molecule has 0 fully saturated rings. The van der Waals surface area contributed by atoms with E-state index in [1.54, 1.807) is 43.1 Å². The molecule has 0 amide bonds. The lowest BCUT2D eigenvalue weighted by Gasteiger charge is -2.28. The normalized spacial score (nSPS) is 22.6. The molecule has 1 aromatic carbocycles. The zero-order valence-electron chi connectivity index (χ0n) is 11.3. The fraction of sp³-hybridized carbons (Fsp3) is 0.357. The molecule has 2 aromatic rings. The molecule has 0 saturated carbocycles. The van der Waals surface area contributed by atoms with Gasteiger partial charge in [-0.25, -0.2) is 13.4 Å². The van der Waals surface area contributed by atoms with Crippen LogP contribution in [0.25, 0.3) is 0 Å². The molecule has 20 heavy (non-hydrogen) atoms. The highest BCUT2D eigenvalue weighted by Crippen LogP contribution is 2.48. The van der Waals surface area contributed by atoms with Crippen molar-refractivity contribution in [3.63, 3.8) is 0 Å². The van der Waals surface area contributed by atoms with E-state index in [0.29, 0.717) is 10.6 Å². The van der Waals surface area contributed by atoms with E-state index in [-0.39, 0.29) is 12.6 Å². The summed E-state index contributed by atoms with van der Waals surface area (Å²) in [5.74, 6) is 0. The predicted octanol–water partition coefficient (Wildman–Crippen LogP) is 1.53. The van der Waals surface area contributed by atoms with Crippen molar-refractivity contribution in [1.29, 1.82) is 0 Å². The summed E-state index contributed by atoms with van der Waals surface area (Å²) in [6.07, 6.45) is 3.14. The number of hydrogen-bond donors (Lipinski definition) is 1. The van der Waals surface area contributed by atoms with Crippen LogP contribution in [-0.4, -0.2) is 27.8 Å². The molecule has 5 nitrogen and oxygen atoms in total. The number of benzene rings is 1. The topological polar surface area (TPSA) is 72.2 Å². The Morgan fingerprint density at radius 3 is 2.75 bits per heavy atom. The third-order valence-corrected chi connectivity index (χ3v) is 6.60. The fourth-order valence-corrected chi connectivity index (χ4v) is 4.78. The van der Waals surface area contributed by atoms with Crippen molar-refractivity contribution in [2.24, 2.45) is 0 Å². The van der Waals surface area contributed by atoms with Crippen LogP contribution >= 0.6 is 0 Å². The van der Waals surface area contributed by atoms with Gasteiger partial charge in [0.1, 0.15) is 0 Å². The molecule has 1 atom stereocenters. The number of imidazole rings is 1. The maximum absolute atomic E-state index is 12.7. The highest BCUT2D eigenvalue weighted by Gasteiger charge is 2.52. The first-order chi connectivity index (χ1) is 9.41. The van der Waals surface area contributed by atoms with E-state index in [1.165, 1.54) is 0 Å². The van der Waals surface area contributed by atoms with E-state index < -0.39 is 14.6 Å². The number of nitrogens with zero attached hydrogens (tertiary/aromatic N) is 2. The summed E-state index contributed by atoms with van der Waals surface area (Å²) in [6.45, 7) is 3.26. The van der Waals surface area contributed by atoms with Gasteiger partial charge in [0.25, 0.3) is 0 Å². The zero-order valence-corrected chi connectivity index (χ0v) is 12.1. The number of aliphatic hydroxyl groups is 1. The van der Waals surface area contributed by atoms with Crippen LogP contribution in [0.2, 0.25) is 0 Å². The lowest BCUT2D eigenvalue weighted by molar-refractivity contribution is 0.265. The first-order valence-corrected chi connectivity index (χ1v) is 7.84. The van der Waals surface area contributed by atoms with Gasteiger partial charge < -0.3 is 9.67 Å². The smallest absolute Gasteiger partial charge is 0.186 e. The molecule has 1 aliphatic heterocycles. The number of sulfone groups is 1. The minimum Gasteiger partial charge on any atom is -0.390 e. The molecular formula is C14H16N2O3S. The lowest BCUT2D eigenvalue weighted by Crippen LogP contribution is -2.36. The maximum atomic E-state index is 12.7. The molecule has 1 aliphatic rings. The summed E-state index contributed by atoms with van der Waals surface area (Å²) < 4.78 is 26.2. The Morgan fingerprint density at radius 2 is 2.05 bits per heavy atom. The largest absolute Gasteiger partial charge is 0.390 e. The van der Waals surface area contributed by atoms with Gasteiger partial charge in [-0.1, -0.05) is 18.2 Å². The minimum atomic E-state index is -3.41. The van der Waals surface area contributed by atoms with Crippen LogP contribution in [0, 0.1) is 0 Å². The van der Waals surface area contributed by atoms with Gasteiger partial charge in [0.15, 0.2) is 9.84 Å². The van der Waals surface area contributed by atoms with E-state index in [4.69, 9.17) is 0 Å². The predicted molar refractivity (Wildman–Crippen MR) is 74.0 cm³/mol. The summed E-state index contributed by atoms with van der Waals surface area (Å²) in [4.78, 5) is 4.40. The number of rotatable bonds is 2. The first kappa shape index (κ1) is 13.3. The van der Waals surface area contributed by atoms with E-state index in [0.717, 1.165) is 5.56 Å². The average molecular weight is 292 g/mol. The molecular weight excluding hydrogens is 276 g/mol. The third-order valence-electron chi connectivity index (χ3n) is 4.04. The van der Waals surface area contributed by atoms with Crippen LogP contribution in [-0.2, 0) is 16.4 Å². The fourth-order valence-electron chi connectivity index (χ4n) is 2.93. The van der Waals surface area contributed by atoms with Crippen LogP contribution in [0.3, 0.4) is 0 Å². The molecule has 6 heteroatoms. The summed E-state index contributed by atoms with van der Waals surface area (Å²) >= 11 is 0. The quantitative estimate of drug-likeness (QED) is 0.911. The van der Waals surface area contributed by atoms with Crippen LogP contribution in [0.15, 0.2) is 41.7 Å². The van der Waals surface area contributed by atoms with Crippen molar-refractivity contribution < 1.29 is 13.5 Å². The molecule has 2 heterocycles. The first-order valence-electron chi connectivity index (χ1n) is 6.36. The molecule has 0 bridgehead atoms. The van der Waals surface area contributed by atoms with E-state index in [2.05, 4.69) is 4.98 Å². The van der Waals surface area contributed by atoms with Crippen molar-refractivity contribution >= 4 is 9.84 Å². The van der Waals surface area contributed by atoms with Gasteiger partial charge in [0.2, 0.25) is 0 Å². The van der Waals surface area contributed by atoms with Gasteiger partial charge in [-0.2, -0.15) is 0 Å². The van der Waals surface area contributed by atoms with Gasteiger partial charge in [0, 0.05) is 0 Å². The summed E-state index contributed by atoms with van der Waals surface area (Å²) in [5.41, 5.74) is 1.36. The number of aliphatic hydroxyl groups excluding tert-OH is 1. The minimum absolute atomic E-state index is 0.172. The summed E-state index contributed by atoms with van der Waals surface area (Å²) in [6, 6.07) is 6.65. The van der Waals surface area contributed by atoms with Crippen LogP contribution < -0.4 is 0 Å². The molecule has 1 unspecified atom stereocenters. The second-order valence-corrected chi connectivity index (χ2v) is 8.00. The lowest BCUT2D eigenvalue weighted by atomic mass is 9.95. The Morgan fingerprint density at radius 1 is 1.35 bits per heavy atom. The SMILES string of the molecule is CC1(C)C(n2cncc2CO)c2ccccc2S1(=O)=O. The third kappa shape index (κ3) is 1.52. The number of aromatic nitrogens is 2. The molecule has 3 rings (SSSR count). The van der Waals surface area contributed by atoms with Crippen molar-refractivity contribution in [3.05, 3.63) is 48.0 Å². The Bertz CT molecular complexity index is 762. The van der Waals surface area contributed by atoms with E-state index in [9.17, 15) is 13.5 Å². The molecule has 0 radical (unpaired) electrons. The van der Waals surface area contributed by atoms with Gasteiger partial charge in [-0.15, -0.1) is 0 Å². The van der Waals surface area contributed by atoms with Gasteiger partial charge in [-0.3, -0.25) is 0 Å². The second kappa shape index (κ2) is 4.17. The molecule has 106 valence electrons. The Hall–Kier alpha value is -1.66. The van der Waals surface area contributed by atoms with Gasteiger partial charge in [0.05, 0.1) is 40.5 Å². The van der Waals surface area contributed by atoms with Crippen molar-refractivity contribution in [2.75, 3.05) is 0 Å². The van der Waals surface area contributed by atoms with Crippen molar-refractivity contribution in [3.8, 4) is 0 Å².